The number of benzene rings is 1. The molecule has 0 bridgehead atoms. The van der Waals surface area contributed by atoms with Crippen LogP contribution in [0.1, 0.15) is 25.1 Å². The van der Waals surface area contributed by atoms with Crippen molar-refractivity contribution in [2.75, 3.05) is 19.7 Å². The lowest BCUT2D eigenvalue weighted by atomic mass is 10.1. The number of nitrogens with zero attached hydrogens (tertiary/aromatic N) is 1. The molecule has 3 nitrogen and oxygen atoms in total. The van der Waals surface area contributed by atoms with Gasteiger partial charge < -0.3 is 9.84 Å². The molecule has 0 aliphatic heterocycles. The summed E-state index contributed by atoms with van der Waals surface area (Å²) in [5.74, 6) is 1.47. The minimum atomic E-state index is -0.484. The molecule has 0 aliphatic rings. The summed E-state index contributed by atoms with van der Waals surface area (Å²) in [5, 5.41) is 12.4. The Morgan fingerprint density at radius 1 is 1.13 bits per heavy atom. The van der Waals surface area contributed by atoms with Gasteiger partial charge in [0.05, 0.1) is 0 Å². The first-order valence-electron chi connectivity index (χ1n) is 8.24. The molecule has 1 N–H and O–H groups in total. The summed E-state index contributed by atoms with van der Waals surface area (Å²) in [7, 11) is 0. The van der Waals surface area contributed by atoms with Crippen LogP contribution in [0.5, 0.6) is 5.75 Å². The smallest absolute Gasteiger partial charge is 0.119 e. The van der Waals surface area contributed by atoms with E-state index >= 15 is 0 Å². The summed E-state index contributed by atoms with van der Waals surface area (Å²) in [6.07, 6.45) is 0.653. The molecule has 1 aromatic heterocycles. The number of hydrogen-bond donors (Lipinski definition) is 1. The average Bonchev–Trinajstić information content (AvgIpc) is 3.04. The van der Waals surface area contributed by atoms with Crippen molar-refractivity contribution in [1.29, 1.82) is 0 Å². The van der Waals surface area contributed by atoms with Gasteiger partial charge in [0, 0.05) is 18.0 Å². The van der Waals surface area contributed by atoms with Crippen LogP contribution in [0.4, 0.5) is 0 Å². The van der Waals surface area contributed by atoms with E-state index in [9.17, 15) is 5.11 Å². The summed E-state index contributed by atoms with van der Waals surface area (Å²) in [6.45, 7) is 7.32. The molecule has 0 radical (unpaired) electrons. The van der Waals surface area contributed by atoms with E-state index in [1.807, 2.05) is 30.3 Å². The molecule has 0 amide bonds. The van der Waals surface area contributed by atoms with E-state index in [1.165, 1.54) is 4.88 Å². The van der Waals surface area contributed by atoms with Gasteiger partial charge in [-0.25, -0.2) is 0 Å². The highest BCUT2D eigenvalue weighted by molar-refractivity contribution is 7.09. The van der Waals surface area contributed by atoms with Crippen molar-refractivity contribution in [3.05, 3.63) is 52.7 Å². The van der Waals surface area contributed by atoms with E-state index < -0.39 is 6.10 Å². The standard InChI is InChI=1S/C19H27NO2S/c1-16(2)10-11-20(14-19-9-6-12-23-19)13-17(21)15-22-18-7-4-3-5-8-18/h3-9,12,16-17,21H,10-11,13-15H2,1-2H3/t17-/m0/s1. The molecule has 1 atom stereocenters. The van der Waals surface area contributed by atoms with Gasteiger partial charge in [-0.1, -0.05) is 38.1 Å². The van der Waals surface area contributed by atoms with Gasteiger partial charge in [-0.05, 0) is 42.5 Å². The zero-order valence-corrected chi connectivity index (χ0v) is 14.8. The zero-order chi connectivity index (χ0) is 16.5. The van der Waals surface area contributed by atoms with Crippen LogP contribution in [0, 0.1) is 5.92 Å². The molecule has 1 aromatic carbocycles. The van der Waals surface area contributed by atoms with Gasteiger partial charge >= 0.3 is 0 Å². The molecule has 0 spiro atoms. The van der Waals surface area contributed by atoms with Crippen molar-refractivity contribution in [3.8, 4) is 5.75 Å². The third kappa shape index (κ3) is 7.16. The molecule has 1 heterocycles. The monoisotopic (exact) mass is 333 g/mol. The fraction of sp³-hybridized carbons (Fsp3) is 0.474. The third-order valence-electron chi connectivity index (χ3n) is 3.64. The van der Waals surface area contributed by atoms with E-state index in [0.717, 1.165) is 25.3 Å². The van der Waals surface area contributed by atoms with Crippen molar-refractivity contribution < 1.29 is 9.84 Å². The second kappa shape index (κ2) is 9.71. The molecule has 0 saturated carbocycles. The number of hydrogen-bond acceptors (Lipinski definition) is 4. The second-order valence-electron chi connectivity index (χ2n) is 6.27. The Morgan fingerprint density at radius 3 is 2.57 bits per heavy atom. The molecule has 0 fully saturated rings. The van der Waals surface area contributed by atoms with Crippen molar-refractivity contribution >= 4 is 11.3 Å². The Balaban J connectivity index is 1.82. The summed E-state index contributed by atoms with van der Waals surface area (Å²) < 4.78 is 5.66. The van der Waals surface area contributed by atoms with E-state index in [4.69, 9.17) is 4.74 Å². The topological polar surface area (TPSA) is 32.7 Å². The van der Waals surface area contributed by atoms with Gasteiger partial charge in [0.2, 0.25) is 0 Å². The molecule has 0 aliphatic carbocycles. The molecule has 23 heavy (non-hydrogen) atoms. The maximum atomic E-state index is 10.3. The third-order valence-corrected chi connectivity index (χ3v) is 4.50. The molecule has 0 saturated heterocycles. The number of aliphatic hydroxyl groups is 1. The number of thiophene rings is 1. The maximum Gasteiger partial charge on any atom is 0.119 e. The highest BCUT2D eigenvalue weighted by Gasteiger charge is 2.14. The molecule has 0 unspecified atom stereocenters. The number of ether oxygens (including phenoxy) is 1. The summed E-state index contributed by atoms with van der Waals surface area (Å²) in [4.78, 5) is 3.66. The van der Waals surface area contributed by atoms with Crippen molar-refractivity contribution in [1.82, 2.24) is 4.90 Å². The fourth-order valence-corrected chi connectivity index (χ4v) is 3.10. The van der Waals surface area contributed by atoms with Gasteiger partial charge in [0.15, 0.2) is 0 Å². The largest absolute Gasteiger partial charge is 0.491 e. The van der Waals surface area contributed by atoms with Crippen LogP contribution in [0.2, 0.25) is 0 Å². The van der Waals surface area contributed by atoms with Crippen molar-refractivity contribution in [2.45, 2.75) is 32.9 Å². The first-order valence-corrected chi connectivity index (χ1v) is 9.12. The van der Waals surface area contributed by atoms with E-state index in [-0.39, 0.29) is 0 Å². The minimum Gasteiger partial charge on any atom is -0.491 e. The van der Waals surface area contributed by atoms with E-state index in [0.29, 0.717) is 19.1 Å². The lowest BCUT2D eigenvalue weighted by Crippen LogP contribution is -2.36. The maximum absolute atomic E-state index is 10.3. The average molecular weight is 333 g/mol. The first-order chi connectivity index (χ1) is 11.1. The number of aliphatic hydroxyl groups excluding tert-OH is 1. The quantitative estimate of drug-likeness (QED) is 0.712. The van der Waals surface area contributed by atoms with Gasteiger partial charge in [0.1, 0.15) is 18.5 Å². The Labute approximate surface area is 143 Å². The molecule has 2 aromatic rings. The van der Waals surface area contributed by atoms with Gasteiger partial charge in [-0.2, -0.15) is 0 Å². The SMILES string of the molecule is CC(C)CCN(Cc1cccs1)C[C@H](O)COc1ccccc1. The van der Waals surface area contributed by atoms with E-state index in [1.54, 1.807) is 11.3 Å². The Morgan fingerprint density at radius 2 is 1.91 bits per heavy atom. The molecule has 2 rings (SSSR count). The molecule has 126 valence electrons. The van der Waals surface area contributed by atoms with Crippen LogP contribution in [-0.4, -0.2) is 35.8 Å². The predicted molar refractivity (Wildman–Crippen MR) is 97.0 cm³/mol. The van der Waals surface area contributed by atoms with Gasteiger partial charge in [-0.15, -0.1) is 11.3 Å². The van der Waals surface area contributed by atoms with Crippen LogP contribution in [0.15, 0.2) is 47.8 Å². The number of rotatable bonds is 10. The summed E-state index contributed by atoms with van der Waals surface area (Å²) in [6, 6.07) is 13.9. The van der Waals surface area contributed by atoms with Crippen LogP contribution in [0.25, 0.3) is 0 Å². The minimum absolute atomic E-state index is 0.326. The van der Waals surface area contributed by atoms with Crippen molar-refractivity contribution in [2.24, 2.45) is 5.92 Å². The van der Waals surface area contributed by atoms with Gasteiger partial charge in [0.25, 0.3) is 0 Å². The number of para-hydroxylation sites is 1. The lowest BCUT2D eigenvalue weighted by molar-refractivity contribution is 0.0643. The van der Waals surface area contributed by atoms with Crippen LogP contribution in [0.3, 0.4) is 0 Å². The molecular weight excluding hydrogens is 306 g/mol. The van der Waals surface area contributed by atoms with Crippen molar-refractivity contribution in [3.63, 3.8) is 0 Å². The highest BCUT2D eigenvalue weighted by atomic mass is 32.1. The van der Waals surface area contributed by atoms with Gasteiger partial charge in [-0.3, -0.25) is 4.90 Å². The first kappa shape index (κ1) is 18.0. The fourth-order valence-electron chi connectivity index (χ4n) is 2.36. The zero-order valence-electron chi connectivity index (χ0n) is 14.0. The van der Waals surface area contributed by atoms with E-state index in [2.05, 4.69) is 36.3 Å². The predicted octanol–water partition coefficient (Wildman–Crippen LogP) is 4.04. The normalized spacial score (nSPS) is 12.7. The Kier molecular flexibility index (Phi) is 7.59. The molecular formula is C19H27NO2S. The Bertz CT molecular complexity index is 528. The van der Waals surface area contributed by atoms with Crippen LogP contribution >= 0.6 is 11.3 Å². The second-order valence-corrected chi connectivity index (χ2v) is 7.31. The summed E-state index contributed by atoms with van der Waals surface area (Å²) in [5.41, 5.74) is 0. The molecule has 4 heteroatoms. The van der Waals surface area contributed by atoms with Crippen LogP contribution in [-0.2, 0) is 6.54 Å². The highest BCUT2D eigenvalue weighted by Crippen LogP contribution is 2.14. The lowest BCUT2D eigenvalue weighted by Gasteiger charge is -2.25. The summed E-state index contributed by atoms with van der Waals surface area (Å²) >= 11 is 1.77. The van der Waals surface area contributed by atoms with Crippen LogP contribution < -0.4 is 4.74 Å². The Hall–Kier alpha value is -1.36.